The topological polar surface area (TPSA) is 39.4 Å². The molecule has 0 N–H and O–H groups in total. The van der Waals surface area contributed by atoms with E-state index in [-0.39, 0.29) is 5.76 Å². The van der Waals surface area contributed by atoms with Crippen molar-refractivity contribution in [2.24, 2.45) is 0 Å². The van der Waals surface area contributed by atoms with Crippen LogP contribution in [0.4, 0.5) is 0 Å². The van der Waals surface area contributed by atoms with Gasteiger partial charge in [-0.15, -0.1) is 0 Å². The number of aldehydes is 1. The maximum Gasteiger partial charge on any atom is 0.184 e. The highest BCUT2D eigenvalue weighted by molar-refractivity contribution is 5.77. The number of rotatable bonds is 3. The fourth-order valence-electron chi connectivity index (χ4n) is 0.655. The Bertz CT molecular complexity index is 246. The van der Waals surface area contributed by atoms with Crippen molar-refractivity contribution in [2.75, 3.05) is 7.11 Å². The number of ether oxygens (including phenoxy) is 1. The molecule has 1 aromatic rings. The van der Waals surface area contributed by atoms with E-state index in [4.69, 9.17) is 9.15 Å². The molecule has 0 aliphatic heterocycles. The summed E-state index contributed by atoms with van der Waals surface area (Å²) in [5.41, 5.74) is 0. The predicted octanol–water partition coefficient (Wildman–Crippen LogP) is 1.47. The highest BCUT2D eigenvalue weighted by Gasteiger charge is 1.94. The van der Waals surface area contributed by atoms with E-state index >= 15 is 0 Å². The van der Waals surface area contributed by atoms with Crippen LogP contribution in [0.1, 0.15) is 5.76 Å². The number of furan rings is 1. The van der Waals surface area contributed by atoms with Gasteiger partial charge in [0.2, 0.25) is 0 Å². The molecule has 0 saturated carbocycles. The normalized spacial score (nSPS) is 11.2. The first-order chi connectivity index (χ1) is 5.36. The zero-order chi connectivity index (χ0) is 8.10. The maximum absolute atomic E-state index is 10.2. The van der Waals surface area contributed by atoms with Gasteiger partial charge in [-0.1, -0.05) is 0 Å². The number of allylic oxidation sites excluding steroid dienone is 1. The third-order valence-corrected chi connectivity index (χ3v) is 1.18. The predicted molar refractivity (Wildman–Crippen MR) is 39.8 cm³/mol. The Kier molecular flexibility index (Phi) is 2.49. The Balaban J connectivity index is 2.79. The Morgan fingerprint density at radius 1 is 1.73 bits per heavy atom. The molecule has 3 heteroatoms. The minimum absolute atomic E-state index is 0.250. The summed E-state index contributed by atoms with van der Waals surface area (Å²) in [4.78, 5) is 10.2. The standard InChI is InChI=1S/C8H8O3/c1-10-8(6-9)5-7-3-2-4-11-7/h2-6H,1H3/b8-5-. The summed E-state index contributed by atoms with van der Waals surface area (Å²) < 4.78 is 9.66. The minimum Gasteiger partial charge on any atom is -0.493 e. The van der Waals surface area contributed by atoms with Gasteiger partial charge in [-0.3, -0.25) is 4.79 Å². The van der Waals surface area contributed by atoms with Gasteiger partial charge in [0.25, 0.3) is 0 Å². The van der Waals surface area contributed by atoms with Gasteiger partial charge >= 0.3 is 0 Å². The molecule has 0 saturated heterocycles. The van der Waals surface area contributed by atoms with E-state index in [1.807, 2.05) is 0 Å². The lowest BCUT2D eigenvalue weighted by molar-refractivity contribution is -0.107. The smallest absolute Gasteiger partial charge is 0.184 e. The van der Waals surface area contributed by atoms with Crippen LogP contribution in [0, 0.1) is 0 Å². The molecule has 58 valence electrons. The zero-order valence-electron chi connectivity index (χ0n) is 6.11. The molecule has 11 heavy (non-hydrogen) atoms. The van der Waals surface area contributed by atoms with E-state index in [2.05, 4.69) is 0 Å². The van der Waals surface area contributed by atoms with Crippen molar-refractivity contribution in [1.82, 2.24) is 0 Å². The fourth-order valence-corrected chi connectivity index (χ4v) is 0.655. The summed E-state index contributed by atoms with van der Waals surface area (Å²) in [5, 5.41) is 0. The van der Waals surface area contributed by atoms with E-state index < -0.39 is 0 Å². The van der Waals surface area contributed by atoms with Gasteiger partial charge in [-0.05, 0) is 12.1 Å². The second-order valence-corrected chi connectivity index (χ2v) is 1.88. The van der Waals surface area contributed by atoms with E-state index in [0.717, 1.165) is 0 Å². The number of methoxy groups -OCH3 is 1. The first-order valence-corrected chi connectivity index (χ1v) is 3.11. The molecule has 0 fully saturated rings. The number of carbonyl (C=O) groups is 1. The number of carbonyl (C=O) groups excluding carboxylic acids is 1. The van der Waals surface area contributed by atoms with Crippen molar-refractivity contribution < 1.29 is 13.9 Å². The lowest BCUT2D eigenvalue weighted by Crippen LogP contribution is -1.85. The second-order valence-electron chi connectivity index (χ2n) is 1.88. The van der Waals surface area contributed by atoms with Gasteiger partial charge in [0, 0.05) is 6.08 Å². The fraction of sp³-hybridized carbons (Fsp3) is 0.125. The maximum atomic E-state index is 10.2. The van der Waals surface area contributed by atoms with E-state index in [1.54, 1.807) is 12.1 Å². The first kappa shape index (κ1) is 7.60. The van der Waals surface area contributed by atoms with Crippen LogP contribution in [-0.2, 0) is 9.53 Å². The third kappa shape index (κ3) is 1.97. The van der Waals surface area contributed by atoms with Crippen molar-refractivity contribution >= 4 is 12.4 Å². The van der Waals surface area contributed by atoms with Crippen LogP contribution in [0.3, 0.4) is 0 Å². The quantitative estimate of drug-likeness (QED) is 0.374. The Morgan fingerprint density at radius 3 is 3.00 bits per heavy atom. The van der Waals surface area contributed by atoms with Crippen molar-refractivity contribution in [3.05, 3.63) is 29.9 Å². The molecule has 0 aliphatic carbocycles. The van der Waals surface area contributed by atoms with E-state index in [0.29, 0.717) is 12.0 Å². The van der Waals surface area contributed by atoms with Crippen LogP contribution in [0.5, 0.6) is 0 Å². The molecule has 1 aromatic heterocycles. The molecule has 0 spiro atoms. The van der Waals surface area contributed by atoms with Gasteiger partial charge in [-0.2, -0.15) is 0 Å². The van der Waals surface area contributed by atoms with Crippen LogP contribution >= 0.6 is 0 Å². The SMILES string of the molecule is CO/C(C=O)=C\c1ccco1. The zero-order valence-corrected chi connectivity index (χ0v) is 6.11. The summed E-state index contributed by atoms with van der Waals surface area (Å²) in [5.74, 6) is 0.855. The van der Waals surface area contributed by atoms with Crippen LogP contribution in [0.25, 0.3) is 6.08 Å². The highest BCUT2D eigenvalue weighted by Crippen LogP contribution is 2.05. The van der Waals surface area contributed by atoms with Gasteiger partial charge in [0.05, 0.1) is 13.4 Å². The molecule has 0 amide bonds. The average Bonchev–Trinajstić information content (AvgIpc) is 2.52. The lowest BCUT2D eigenvalue weighted by atomic mass is 10.4. The van der Waals surface area contributed by atoms with Crippen LogP contribution in [0.15, 0.2) is 28.6 Å². The molecule has 1 rings (SSSR count). The first-order valence-electron chi connectivity index (χ1n) is 3.11. The molecule has 1 heterocycles. The molecular formula is C8H8O3. The van der Waals surface area contributed by atoms with Crippen LogP contribution in [-0.4, -0.2) is 13.4 Å². The van der Waals surface area contributed by atoms with Gasteiger partial charge in [-0.25, -0.2) is 0 Å². The summed E-state index contributed by atoms with van der Waals surface area (Å²) in [7, 11) is 1.43. The molecule has 0 unspecified atom stereocenters. The molecule has 0 aromatic carbocycles. The summed E-state index contributed by atoms with van der Waals surface area (Å²) in [6.45, 7) is 0. The van der Waals surface area contributed by atoms with Crippen molar-refractivity contribution in [3.63, 3.8) is 0 Å². The van der Waals surface area contributed by atoms with Crippen molar-refractivity contribution in [1.29, 1.82) is 0 Å². The third-order valence-electron chi connectivity index (χ3n) is 1.18. The Labute approximate surface area is 64.3 Å². The van der Waals surface area contributed by atoms with Gasteiger partial charge < -0.3 is 9.15 Å². The van der Waals surface area contributed by atoms with Gasteiger partial charge in [0.15, 0.2) is 12.0 Å². The second kappa shape index (κ2) is 3.61. The van der Waals surface area contributed by atoms with E-state index in [9.17, 15) is 4.79 Å². The number of hydrogen-bond acceptors (Lipinski definition) is 3. The van der Waals surface area contributed by atoms with E-state index in [1.165, 1.54) is 19.4 Å². The van der Waals surface area contributed by atoms with Crippen molar-refractivity contribution in [3.8, 4) is 0 Å². The van der Waals surface area contributed by atoms with Gasteiger partial charge in [0.1, 0.15) is 5.76 Å². The summed E-state index contributed by atoms with van der Waals surface area (Å²) in [6.07, 6.45) is 3.68. The molecule has 0 atom stereocenters. The Hall–Kier alpha value is -1.51. The average molecular weight is 152 g/mol. The number of hydrogen-bond donors (Lipinski definition) is 0. The summed E-state index contributed by atoms with van der Waals surface area (Å²) in [6, 6.07) is 3.48. The highest BCUT2D eigenvalue weighted by atomic mass is 16.5. The molecule has 0 aliphatic rings. The lowest BCUT2D eigenvalue weighted by Gasteiger charge is -1.93. The van der Waals surface area contributed by atoms with Crippen molar-refractivity contribution in [2.45, 2.75) is 0 Å². The van der Waals surface area contributed by atoms with Crippen LogP contribution < -0.4 is 0 Å². The largest absolute Gasteiger partial charge is 0.493 e. The molecule has 3 nitrogen and oxygen atoms in total. The summed E-state index contributed by atoms with van der Waals surface area (Å²) >= 11 is 0. The van der Waals surface area contributed by atoms with Crippen LogP contribution in [0.2, 0.25) is 0 Å². The monoisotopic (exact) mass is 152 g/mol. The minimum atomic E-state index is 0.250. The Morgan fingerprint density at radius 2 is 2.55 bits per heavy atom. The molecule has 0 bridgehead atoms. The molecule has 0 radical (unpaired) electrons. The molecular weight excluding hydrogens is 144 g/mol.